The van der Waals surface area contributed by atoms with Crippen LogP contribution in [0.2, 0.25) is 5.02 Å². The minimum absolute atomic E-state index is 0.0294. The zero-order valence-electron chi connectivity index (χ0n) is 14.7. The molecule has 6 nitrogen and oxygen atoms in total. The fraction of sp³-hybridized carbons (Fsp3) is 0.158. The molecule has 0 aliphatic carbocycles. The number of aromatic nitrogens is 3. The molecule has 0 fully saturated rings. The lowest BCUT2D eigenvalue weighted by Gasteiger charge is -2.07. The molecule has 0 bridgehead atoms. The van der Waals surface area contributed by atoms with E-state index in [1.54, 1.807) is 12.1 Å². The lowest BCUT2D eigenvalue weighted by atomic mass is 10.2. The highest BCUT2D eigenvalue weighted by Crippen LogP contribution is 2.23. The average Bonchev–Trinajstić information content (AvgIpc) is 3.28. The van der Waals surface area contributed by atoms with Gasteiger partial charge in [-0.1, -0.05) is 42.9 Å². The Morgan fingerprint density at radius 2 is 2.15 bits per heavy atom. The molecule has 27 heavy (non-hydrogen) atoms. The smallest absolute Gasteiger partial charge is 0.268 e. The van der Waals surface area contributed by atoms with Crippen molar-refractivity contribution in [1.29, 1.82) is 5.26 Å². The zero-order valence-corrected chi connectivity index (χ0v) is 16.3. The van der Waals surface area contributed by atoms with Gasteiger partial charge in [-0.05, 0) is 36.4 Å². The van der Waals surface area contributed by atoms with E-state index in [2.05, 4.69) is 15.5 Å². The lowest BCUT2D eigenvalue weighted by molar-refractivity contribution is -0.112. The summed E-state index contributed by atoms with van der Waals surface area (Å²) in [5, 5.41) is 21.8. The molecular weight excluding hydrogens is 382 g/mol. The van der Waals surface area contributed by atoms with Crippen molar-refractivity contribution in [2.75, 3.05) is 5.32 Å². The fourth-order valence-electron chi connectivity index (χ4n) is 2.35. The van der Waals surface area contributed by atoms with Crippen molar-refractivity contribution in [1.82, 2.24) is 14.8 Å². The highest BCUT2D eigenvalue weighted by atomic mass is 35.5. The van der Waals surface area contributed by atoms with Crippen LogP contribution >= 0.6 is 22.9 Å². The third-order valence-electron chi connectivity index (χ3n) is 3.68. The molecular formula is C19H16ClN5OS. The summed E-state index contributed by atoms with van der Waals surface area (Å²) in [5.74, 6) is -0.303. The van der Waals surface area contributed by atoms with Crippen molar-refractivity contribution in [3.8, 4) is 11.8 Å². The number of hydrogen-bond donors (Lipinski definition) is 1. The number of nitrogens with zero attached hydrogens (tertiary/aromatic N) is 4. The first-order valence-corrected chi connectivity index (χ1v) is 9.37. The summed E-state index contributed by atoms with van der Waals surface area (Å²) < 4.78 is 1.85. The van der Waals surface area contributed by atoms with Gasteiger partial charge >= 0.3 is 0 Å². The second-order valence-electron chi connectivity index (χ2n) is 6.01. The molecule has 0 aliphatic heterocycles. The maximum atomic E-state index is 12.5. The fourth-order valence-corrected chi connectivity index (χ4v) is 3.28. The first kappa shape index (κ1) is 18.8. The predicted octanol–water partition coefficient (Wildman–Crippen LogP) is 4.65. The third-order valence-corrected chi connectivity index (χ3v) is 5.05. The molecule has 3 rings (SSSR count). The third kappa shape index (κ3) is 4.42. The first-order valence-electron chi connectivity index (χ1n) is 8.18. The molecule has 136 valence electrons. The van der Waals surface area contributed by atoms with Crippen LogP contribution in [0.3, 0.4) is 0 Å². The van der Waals surface area contributed by atoms with E-state index in [4.69, 9.17) is 11.6 Å². The largest absolute Gasteiger partial charge is 0.317 e. The van der Waals surface area contributed by atoms with Crippen molar-refractivity contribution in [3.63, 3.8) is 0 Å². The van der Waals surface area contributed by atoms with E-state index < -0.39 is 5.91 Å². The summed E-state index contributed by atoms with van der Waals surface area (Å²) in [7, 11) is 0. The molecule has 0 unspecified atom stereocenters. The molecule has 1 N–H and O–H groups in total. The van der Waals surface area contributed by atoms with Crippen molar-refractivity contribution in [2.45, 2.75) is 19.8 Å². The number of amides is 1. The van der Waals surface area contributed by atoms with Gasteiger partial charge < -0.3 is 4.57 Å². The Morgan fingerprint density at radius 1 is 1.33 bits per heavy atom. The average molecular weight is 398 g/mol. The summed E-state index contributed by atoms with van der Waals surface area (Å²) in [5.41, 5.74) is 1.49. The van der Waals surface area contributed by atoms with E-state index in [9.17, 15) is 10.1 Å². The van der Waals surface area contributed by atoms with E-state index in [-0.39, 0.29) is 11.5 Å². The molecule has 0 radical (unpaired) electrons. The van der Waals surface area contributed by atoms with Gasteiger partial charge in [0.05, 0.1) is 0 Å². The molecule has 1 aromatic carbocycles. The first-order chi connectivity index (χ1) is 13.0. The van der Waals surface area contributed by atoms with Gasteiger partial charge in [-0.25, -0.2) is 0 Å². The van der Waals surface area contributed by atoms with E-state index in [1.807, 2.05) is 54.9 Å². The standard InChI is InChI=1S/C19H16ClN5OS/c1-12(2)18-23-24-19(27-18)22-17(26)13(11-21)9-15-7-4-8-25(15)16-6-3-5-14(20)10-16/h3-10,12H,1-2H3,(H,22,24,26)/b13-9-. The molecule has 0 saturated carbocycles. The highest BCUT2D eigenvalue weighted by Gasteiger charge is 2.15. The molecule has 2 aromatic heterocycles. The number of halogens is 1. The van der Waals surface area contributed by atoms with E-state index in [1.165, 1.54) is 17.4 Å². The van der Waals surface area contributed by atoms with Crippen molar-refractivity contribution >= 4 is 40.1 Å². The number of rotatable bonds is 5. The van der Waals surface area contributed by atoms with E-state index in [0.29, 0.717) is 15.8 Å². The quantitative estimate of drug-likeness (QED) is 0.501. The number of benzene rings is 1. The molecule has 0 spiro atoms. The monoisotopic (exact) mass is 397 g/mol. The number of nitrogens with one attached hydrogen (secondary N) is 1. The van der Waals surface area contributed by atoms with Crippen LogP contribution in [-0.4, -0.2) is 20.7 Å². The number of hydrogen-bond acceptors (Lipinski definition) is 5. The summed E-state index contributed by atoms with van der Waals surface area (Å²) in [4.78, 5) is 12.5. The zero-order chi connectivity index (χ0) is 19.4. The molecule has 0 saturated heterocycles. The van der Waals surface area contributed by atoms with Crippen LogP contribution in [-0.2, 0) is 4.79 Å². The van der Waals surface area contributed by atoms with Crippen molar-refractivity contribution < 1.29 is 4.79 Å². The number of anilines is 1. The Labute approximate surface area is 165 Å². The van der Waals surface area contributed by atoms with Crippen molar-refractivity contribution in [2.24, 2.45) is 0 Å². The SMILES string of the molecule is CC(C)c1nnc(NC(=O)/C(C#N)=C\c2cccn2-c2cccc(Cl)c2)s1. The van der Waals surface area contributed by atoms with Gasteiger partial charge in [0.25, 0.3) is 5.91 Å². The highest BCUT2D eigenvalue weighted by molar-refractivity contribution is 7.15. The maximum Gasteiger partial charge on any atom is 0.268 e. The Hall–Kier alpha value is -2.95. The number of carbonyl (C=O) groups is 1. The van der Waals surface area contributed by atoms with Gasteiger partial charge in [0.2, 0.25) is 5.13 Å². The van der Waals surface area contributed by atoms with Crippen LogP contribution in [0, 0.1) is 11.3 Å². The van der Waals surface area contributed by atoms with Crippen LogP contribution < -0.4 is 5.32 Å². The normalized spacial score (nSPS) is 11.4. The Morgan fingerprint density at radius 3 is 2.81 bits per heavy atom. The number of carbonyl (C=O) groups excluding carboxylic acids is 1. The predicted molar refractivity (Wildman–Crippen MR) is 107 cm³/mol. The van der Waals surface area contributed by atoms with Gasteiger partial charge in [-0.15, -0.1) is 10.2 Å². The lowest BCUT2D eigenvalue weighted by Crippen LogP contribution is -2.13. The van der Waals surface area contributed by atoms with Gasteiger partial charge in [-0.2, -0.15) is 5.26 Å². The molecule has 1 amide bonds. The Balaban J connectivity index is 1.85. The van der Waals surface area contributed by atoms with Gasteiger partial charge in [-0.3, -0.25) is 10.1 Å². The molecule has 2 heterocycles. The molecule has 0 aliphatic rings. The van der Waals surface area contributed by atoms with Gasteiger partial charge in [0.1, 0.15) is 16.6 Å². The summed E-state index contributed by atoms with van der Waals surface area (Å²) in [6, 6.07) is 12.9. The molecule has 8 heteroatoms. The molecule has 3 aromatic rings. The Kier molecular flexibility index (Phi) is 5.69. The minimum atomic E-state index is -0.525. The summed E-state index contributed by atoms with van der Waals surface area (Å²) in [6.07, 6.45) is 3.37. The number of nitriles is 1. The second-order valence-corrected chi connectivity index (χ2v) is 7.45. The van der Waals surface area contributed by atoms with E-state index in [0.717, 1.165) is 10.7 Å². The summed E-state index contributed by atoms with van der Waals surface area (Å²) >= 11 is 7.35. The van der Waals surface area contributed by atoms with Crippen LogP contribution in [0.15, 0.2) is 48.2 Å². The maximum absolute atomic E-state index is 12.5. The second kappa shape index (κ2) is 8.16. The van der Waals surface area contributed by atoms with Crippen LogP contribution in [0.5, 0.6) is 0 Å². The van der Waals surface area contributed by atoms with Crippen LogP contribution in [0.1, 0.15) is 30.5 Å². The van der Waals surface area contributed by atoms with Crippen molar-refractivity contribution in [3.05, 3.63) is 63.9 Å². The van der Waals surface area contributed by atoms with Crippen LogP contribution in [0.4, 0.5) is 5.13 Å². The topological polar surface area (TPSA) is 83.6 Å². The minimum Gasteiger partial charge on any atom is -0.317 e. The van der Waals surface area contributed by atoms with Crippen LogP contribution in [0.25, 0.3) is 11.8 Å². The summed E-state index contributed by atoms with van der Waals surface area (Å²) in [6.45, 7) is 3.99. The molecule has 0 atom stereocenters. The van der Waals surface area contributed by atoms with Gasteiger partial charge in [0, 0.05) is 28.5 Å². The van der Waals surface area contributed by atoms with E-state index >= 15 is 0 Å². The Bertz CT molecular complexity index is 1040. The van der Waals surface area contributed by atoms with Gasteiger partial charge in [0.15, 0.2) is 0 Å².